The van der Waals surface area contributed by atoms with Crippen LogP contribution in [-0.2, 0) is 0 Å². The number of halogens is 3. The molecule has 0 rings (SSSR count). The number of terminal acetylenes is 1. The van der Waals surface area contributed by atoms with Gasteiger partial charge in [-0.2, -0.15) is 13.2 Å². The van der Waals surface area contributed by atoms with Gasteiger partial charge in [0.1, 0.15) is 6.10 Å². The van der Waals surface area contributed by atoms with E-state index in [0.717, 1.165) is 0 Å². The lowest BCUT2D eigenvalue weighted by molar-refractivity contribution is -0.205. The van der Waals surface area contributed by atoms with E-state index in [1.807, 2.05) is 0 Å². The Morgan fingerprint density at radius 1 is 1.45 bits per heavy atom. The third kappa shape index (κ3) is 4.68. The Morgan fingerprint density at radius 3 is 2.36 bits per heavy atom. The average Bonchev–Trinajstić information content (AvgIpc) is 1.86. The Hall–Kier alpha value is -0.690. The summed E-state index contributed by atoms with van der Waals surface area (Å²) in [5, 5.41) is 8.42. The molecule has 0 amide bonds. The van der Waals surface area contributed by atoms with Crippen LogP contribution in [0.15, 0.2) is 0 Å². The largest absolute Gasteiger partial charge is 0.414 e. The number of aliphatic hydroxyl groups excluding tert-OH is 1. The SMILES string of the molecule is C#CCCCC(O)C(F)(F)F. The van der Waals surface area contributed by atoms with Crippen molar-refractivity contribution >= 4 is 0 Å². The van der Waals surface area contributed by atoms with Crippen LogP contribution in [0.2, 0.25) is 0 Å². The number of alkyl halides is 3. The summed E-state index contributed by atoms with van der Waals surface area (Å²) < 4.78 is 34.7. The normalized spacial score (nSPS) is 14.1. The second-order valence-electron chi connectivity index (χ2n) is 2.15. The molecule has 0 aliphatic carbocycles. The van der Waals surface area contributed by atoms with E-state index in [4.69, 9.17) is 11.5 Å². The molecule has 0 spiro atoms. The molecule has 0 radical (unpaired) electrons. The molecule has 4 heteroatoms. The first-order valence-corrected chi connectivity index (χ1v) is 3.16. The number of hydrogen-bond donors (Lipinski definition) is 1. The molecular formula is C7H9F3O. The van der Waals surface area contributed by atoms with Crippen LogP contribution in [0, 0.1) is 12.3 Å². The van der Waals surface area contributed by atoms with Crippen LogP contribution in [0.4, 0.5) is 13.2 Å². The van der Waals surface area contributed by atoms with Gasteiger partial charge in [-0.3, -0.25) is 0 Å². The molecule has 0 saturated carbocycles. The molecular weight excluding hydrogens is 157 g/mol. The van der Waals surface area contributed by atoms with E-state index in [2.05, 4.69) is 5.92 Å². The summed E-state index contributed by atoms with van der Waals surface area (Å²) in [6, 6.07) is 0. The van der Waals surface area contributed by atoms with Gasteiger partial charge in [-0.05, 0) is 12.8 Å². The topological polar surface area (TPSA) is 20.2 Å². The van der Waals surface area contributed by atoms with E-state index in [1.165, 1.54) is 0 Å². The zero-order chi connectivity index (χ0) is 8.91. The first-order valence-electron chi connectivity index (χ1n) is 3.16. The maximum absolute atomic E-state index is 11.6. The van der Waals surface area contributed by atoms with E-state index >= 15 is 0 Å². The van der Waals surface area contributed by atoms with Crippen molar-refractivity contribution in [1.82, 2.24) is 0 Å². The van der Waals surface area contributed by atoms with Gasteiger partial charge in [0, 0.05) is 6.42 Å². The highest BCUT2D eigenvalue weighted by atomic mass is 19.4. The van der Waals surface area contributed by atoms with E-state index in [1.54, 1.807) is 0 Å². The molecule has 0 aromatic carbocycles. The van der Waals surface area contributed by atoms with Crippen LogP contribution in [0.25, 0.3) is 0 Å². The van der Waals surface area contributed by atoms with Crippen LogP contribution < -0.4 is 0 Å². The van der Waals surface area contributed by atoms with E-state index in [0.29, 0.717) is 0 Å². The minimum absolute atomic E-state index is 0.206. The molecule has 0 bridgehead atoms. The minimum Gasteiger partial charge on any atom is -0.384 e. The van der Waals surface area contributed by atoms with Crippen LogP contribution >= 0.6 is 0 Å². The van der Waals surface area contributed by atoms with E-state index < -0.39 is 12.3 Å². The average molecular weight is 166 g/mol. The standard InChI is InChI=1S/C7H9F3O/c1-2-3-4-5-6(11)7(8,9)10/h1,6,11H,3-5H2. The quantitative estimate of drug-likeness (QED) is 0.500. The molecule has 0 aromatic rings. The summed E-state index contributed by atoms with van der Waals surface area (Å²) in [6.45, 7) is 0. The molecule has 1 nitrogen and oxygen atoms in total. The minimum atomic E-state index is -4.51. The van der Waals surface area contributed by atoms with Crippen LogP contribution in [0.3, 0.4) is 0 Å². The van der Waals surface area contributed by atoms with Gasteiger partial charge in [-0.1, -0.05) is 0 Å². The van der Waals surface area contributed by atoms with Crippen molar-refractivity contribution in [2.75, 3.05) is 0 Å². The van der Waals surface area contributed by atoms with Crippen LogP contribution in [0.1, 0.15) is 19.3 Å². The molecule has 0 saturated heterocycles. The molecule has 1 N–H and O–H groups in total. The molecule has 1 atom stereocenters. The number of rotatable bonds is 3. The van der Waals surface area contributed by atoms with E-state index in [9.17, 15) is 13.2 Å². The predicted octanol–water partition coefficient (Wildman–Crippen LogP) is 1.71. The molecule has 1 unspecified atom stereocenters. The van der Waals surface area contributed by atoms with Gasteiger partial charge < -0.3 is 5.11 Å². The Balaban J connectivity index is 3.55. The molecule has 64 valence electrons. The first-order chi connectivity index (χ1) is 4.98. The lowest BCUT2D eigenvalue weighted by atomic mass is 10.1. The first kappa shape index (κ1) is 10.3. The second kappa shape index (κ2) is 4.24. The van der Waals surface area contributed by atoms with Gasteiger partial charge in [-0.25, -0.2) is 0 Å². The van der Waals surface area contributed by atoms with Gasteiger partial charge in [0.05, 0.1) is 0 Å². The lowest BCUT2D eigenvalue weighted by Crippen LogP contribution is -2.28. The third-order valence-electron chi connectivity index (χ3n) is 1.18. The molecule has 0 fully saturated rings. The van der Waals surface area contributed by atoms with Gasteiger partial charge in [-0.15, -0.1) is 12.3 Å². The molecule has 0 aliphatic heterocycles. The highest BCUT2D eigenvalue weighted by molar-refractivity contribution is 4.83. The maximum Gasteiger partial charge on any atom is 0.414 e. The van der Waals surface area contributed by atoms with Crippen LogP contribution in [-0.4, -0.2) is 17.4 Å². The fourth-order valence-electron chi connectivity index (χ4n) is 0.561. The summed E-state index contributed by atoms with van der Waals surface area (Å²) in [7, 11) is 0. The van der Waals surface area contributed by atoms with Crippen molar-refractivity contribution in [2.24, 2.45) is 0 Å². The van der Waals surface area contributed by atoms with Crippen molar-refractivity contribution in [2.45, 2.75) is 31.5 Å². The smallest absolute Gasteiger partial charge is 0.384 e. The predicted molar refractivity (Wildman–Crippen MR) is 34.7 cm³/mol. The second-order valence-corrected chi connectivity index (χ2v) is 2.15. The van der Waals surface area contributed by atoms with Gasteiger partial charge >= 0.3 is 6.18 Å². The summed E-state index contributed by atoms with van der Waals surface area (Å²) in [5.74, 6) is 2.20. The fraction of sp³-hybridized carbons (Fsp3) is 0.714. The van der Waals surface area contributed by atoms with Gasteiger partial charge in [0.25, 0.3) is 0 Å². The van der Waals surface area contributed by atoms with Crippen molar-refractivity contribution < 1.29 is 18.3 Å². The number of hydrogen-bond acceptors (Lipinski definition) is 1. The lowest BCUT2D eigenvalue weighted by Gasteiger charge is -2.12. The molecule has 0 aromatic heterocycles. The maximum atomic E-state index is 11.6. The van der Waals surface area contributed by atoms with Crippen molar-refractivity contribution in [3.63, 3.8) is 0 Å². The van der Waals surface area contributed by atoms with Crippen LogP contribution in [0.5, 0.6) is 0 Å². The zero-order valence-electron chi connectivity index (χ0n) is 5.86. The van der Waals surface area contributed by atoms with Crippen molar-refractivity contribution in [3.05, 3.63) is 0 Å². The summed E-state index contributed by atoms with van der Waals surface area (Å²) >= 11 is 0. The Bertz CT molecular complexity index is 145. The number of aliphatic hydroxyl groups is 1. The highest BCUT2D eigenvalue weighted by Gasteiger charge is 2.37. The van der Waals surface area contributed by atoms with E-state index in [-0.39, 0.29) is 19.3 Å². The zero-order valence-corrected chi connectivity index (χ0v) is 5.86. The van der Waals surface area contributed by atoms with Gasteiger partial charge in [0.15, 0.2) is 0 Å². The Labute approximate surface area is 63.2 Å². The summed E-state index contributed by atoms with van der Waals surface area (Å²) in [6.07, 6.45) is -1.76. The number of unbranched alkanes of at least 4 members (excludes halogenated alkanes) is 1. The Morgan fingerprint density at radius 2 is 2.00 bits per heavy atom. The molecule has 0 heterocycles. The summed E-state index contributed by atoms with van der Waals surface area (Å²) in [5.41, 5.74) is 0. The van der Waals surface area contributed by atoms with Gasteiger partial charge in [0.2, 0.25) is 0 Å². The molecule has 0 aliphatic rings. The third-order valence-corrected chi connectivity index (χ3v) is 1.18. The fourth-order valence-corrected chi connectivity index (χ4v) is 0.561. The monoisotopic (exact) mass is 166 g/mol. The van der Waals surface area contributed by atoms with Crippen molar-refractivity contribution in [3.8, 4) is 12.3 Å². The Kier molecular flexibility index (Phi) is 3.98. The highest BCUT2D eigenvalue weighted by Crippen LogP contribution is 2.23. The molecule has 11 heavy (non-hydrogen) atoms. The van der Waals surface area contributed by atoms with Crippen molar-refractivity contribution in [1.29, 1.82) is 0 Å². The summed E-state index contributed by atoms with van der Waals surface area (Å²) in [4.78, 5) is 0.